The summed E-state index contributed by atoms with van der Waals surface area (Å²) in [7, 11) is 0. The Hall–Kier alpha value is -1.44. The van der Waals surface area contributed by atoms with E-state index in [1.807, 2.05) is 0 Å². The van der Waals surface area contributed by atoms with E-state index in [0.717, 1.165) is 18.4 Å². The summed E-state index contributed by atoms with van der Waals surface area (Å²) in [5, 5.41) is 19.5. The summed E-state index contributed by atoms with van der Waals surface area (Å²) >= 11 is 0. The monoisotopic (exact) mass is 388 g/mol. The van der Waals surface area contributed by atoms with Gasteiger partial charge in [-0.25, -0.2) is 0 Å². The molecule has 0 amide bonds. The number of rotatable bonds is 17. The fourth-order valence-electron chi connectivity index (χ4n) is 3.62. The van der Waals surface area contributed by atoms with Crippen molar-refractivity contribution in [3.8, 4) is 11.5 Å². The molecule has 1 rings (SSSR count). The van der Waals surface area contributed by atoms with Crippen molar-refractivity contribution in [1.82, 2.24) is 0 Å². The quantitative estimate of drug-likeness (QED) is 0.208. The van der Waals surface area contributed by atoms with E-state index in [9.17, 15) is 10.2 Å². The topological polar surface area (TPSA) is 40.5 Å². The Balaban J connectivity index is 1.85. The molecule has 0 saturated carbocycles. The van der Waals surface area contributed by atoms with Gasteiger partial charge in [-0.3, -0.25) is 0 Å². The van der Waals surface area contributed by atoms with Gasteiger partial charge in [0.15, 0.2) is 0 Å². The molecule has 0 aliphatic heterocycles. The van der Waals surface area contributed by atoms with Gasteiger partial charge >= 0.3 is 0 Å². The van der Waals surface area contributed by atoms with Crippen molar-refractivity contribution in [1.29, 1.82) is 0 Å². The van der Waals surface area contributed by atoms with E-state index in [0.29, 0.717) is 5.56 Å². The van der Waals surface area contributed by atoms with Crippen LogP contribution in [0.25, 0.3) is 0 Å². The minimum Gasteiger partial charge on any atom is -0.508 e. The Kier molecular flexibility index (Phi) is 14.5. The molecule has 0 unspecified atom stereocenters. The minimum atomic E-state index is 0.207. The molecular weight excluding hydrogens is 344 g/mol. The van der Waals surface area contributed by atoms with Crippen LogP contribution in [0.1, 0.15) is 114 Å². The van der Waals surface area contributed by atoms with Crippen LogP contribution in [0.4, 0.5) is 0 Å². The highest BCUT2D eigenvalue weighted by molar-refractivity contribution is 5.45. The van der Waals surface area contributed by atoms with E-state index >= 15 is 0 Å². The molecule has 28 heavy (non-hydrogen) atoms. The molecule has 0 saturated heterocycles. The van der Waals surface area contributed by atoms with Gasteiger partial charge in [0.2, 0.25) is 0 Å². The van der Waals surface area contributed by atoms with Crippen molar-refractivity contribution in [2.45, 2.75) is 117 Å². The number of hydrogen-bond donors (Lipinski definition) is 2. The number of benzene rings is 1. The van der Waals surface area contributed by atoms with E-state index in [-0.39, 0.29) is 11.5 Å². The smallest absolute Gasteiger partial charge is 0.122 e. The molecule has 2 N–H and O–H groups in total. The molecule has 0 aliphatic rings. The number of aryl methyl sites for hydroxylation is 1. The van der Waals surface area contributed by atoms with Gasteiger partial charge in [-0.1, -0.05) is 89.7 Å². The van der Waals surface area contributed by atoms with Crippen LogP contribution in [-0.4, -0.2) is 10.2 Å². The van der Waals surface area contributed by atoms with Gasteiger partial charge < -0.3 is 10.2 Å². The van der Waals surface area contributed by atoms with Gasteiger partial charge in [-0.05, 0) is 56.7 Å². The van der Waals surface area contributed by atoms with Crippen LogP contribution < -0.4 is 0 Å². The zero-order valence-electron chi connectivity index (χ0n) is 18.5. The van der Waals surface area contributed by atoms with Crippen LogP contribution in [0.2, 0.25) is 0 Å². The van der Waals surface area contributed by atoms with E-state index < -0.39 is 0 Å². The molecule has 1 aromatic rings. The molecular formula is C26H44O2. The third-order valence-electron chi connectivity index (χ3n) is 5.64. The zero-order chi connectivity index (χ0) is 20.5. The Bertz CT molecular complexity index is 510. The third kappa shape index (κ3) is 12.1. The second-order valence-corrected chi connectivity index (χ2v) is 8.30. The minimum absolute atomic E-state index is 0.207. The summed E-state index contributed by atoms with van der Waals surface area (Å²) in [6, 6.07) is 3.58. The van der Waals surface area contributed by atoms with Gasteiger partial charge in [0.25, 0.3) is 0 Å². The first-order valence-electron chi connectivity index (χ1n) is 11.8. The van der Waals surface area contributed by atoms with Crippen molar-refractivity contribution >= 4 is 0 Å². The Labute approximate surface area is 174 Å². The maximum atomic E-state index is 9.76. The molecule has 0 atom stereocenters. The zero-order valence-corrected chi connectivity index (χ0v) is 18.5. The Morgan fingerprint density at radius 2 is 1.07 bits per heavy atom. The van der Waals surface area contributed by atoms with E-state index in [4.69, 9.17) is 0 Å². The average Bonchev–Trinajstić information content (AvgIpc) is 2.68. The highest BCUT2D eigenvalue weighted by Crippen LogP contribution is 2.28. The Morgan fingerprint density at radius 1 is 0.643 bits per heavy atom. The lowest BCUT2D eigenvalue weighted by molar-refractivity contribution is 0.441. The van der Waals surface area contributed by atoms with Gasteiger partial charge in [-0.15, -0.1) is 0 Å². The second kappa shape index (κ2) is 16.5. The highest BCUT2D eigenvalue weighted by Gasteiger charge is 2.05. The van der Waals surface area contributed by atoms with Crippen LogP contribution in [0.5, 0.6) is 11.5 Å². The van der Waals surface area contributed by atoms with Gasteiger partial charge in [0.05, 0.1) is 0 Å². The summed E-state index contributed by atoms with van der Waals surface area (Å²) in [6.07, 6.45) is 25.6. The summed E-state index contributed by atoms with van der Waals surface area (Å²) in [5.41, 5.74) is 1.61. The predicted octanol–water partition coefficient (Wildman–Crippen LogP) is 8.38. The van der Waals surface area contributed by atoms with Gasteiger partial charge in [0.1, 0.15) is 11.5 Å². The van der Waals surface area contributed by atoms with Crippen molar-refractivity contribution in [3.63, 3.8) is 0 Å². The van der Waals surface area contributed by atoms with Gasteiger partial charge in [-0.2, -0.15) is 0 Å². The lowest BCUT2D eigenvalue weighted by atomic mass is 10.0. The van der Waals surface area contributed by atoms with E-state index in [1.165, 1.54) is 89.9 Å². The van der Waals surface area contributed by atoms with Crippen LogP contribution in [0, 0.1) is 6.92 Å². The molecule has 1 aromatic carbocycles. The SMILES string of the molecule is CCCCC=CCCCCCCCCCCCCCc1cc(O)c(C)c(O)c1. The molecule has 0 fully saturated rings. The van der Waals surface area contributed by atoms with Crippen molar-refractivity contribution in [2.24, 2.45) is 0 Å². The lowest BCUT2D eigenvalue weighted by Crippen LogP contribution is -1.88. The summed E-state index contributed by atoms with van der Waals surface area (Å²) in [6.45, 7) is 3.99. The van der Waals surface area contributed by atoms with Gasteiger partial charge in [0, 0.05) is 5.56 Å². The number of allylic oxidation sites excluding steroid dienone is 2. The van der Waals surface area contributed by atoms with Crippen LogP contribution in [-0.2, 0) is 6.42 Å². The first-order valence-corrected chi connectivity index (χ1v) is 11.8. The summed E-state index contributed by atoms with van der Waals surface area (Å²) < 4.78 is 0. The maximum absolute atomic E-state index is 9.76. The van der Waals surface area contributed by atoms with Crippen molar-refractivity contribution in [3.05, 3.63) is 35.4 Å². The molecule has 2 nitrogen and oxygen atoms in total. The van der Waals surface area contributed by atoms with E-state index in [1.54, 1.807) is 19.1 Å². The summed E-state index contributed by atoms with van der Waals surface area (Å²) in [4.78, 5) is 0. The first kappa shape index (κ1) is 24.6. The molecule has 160 valence electrons. The highest BCUT2D eigenvalue weighted by atomic mass is 16.3. The van der Waals surface area contributed by atoms with E-state index in [2.05, 4.69) is 19.1 Å². The predicted molar refractivity (Wildman–Crippen MR) is 122 cm³/mol. The van der Waals surface area contributed by atoms with Crippen LogP contribution in [0.3, 0.4) is 0 Å². The Morgan fingerprint density at radius 3 is 1.57 bits per heavy atom. The average molecular weight is 389 g/mol. The first-order chi connectivity index (χ1) is 13.6. The number of unbranched alkanes of at least 4 members (excludes halogenated alkanes) is 13. The molecule has 0 bridgehead atoms. The third-order valence-corrected chi connectivity index (χ3v) is 5.64. The fourth-order valence-corrected chi connectivity index (χ4v) is 3.62. The maximum Gasteiger partial charge on any atom is 0.122 e. The molecule has 0 aliphatic carbocycles. The molecule has 2 heteroatoms. The van der Waals surface area contributed by atoms with Crippen molar-refractivity contribution in [2.75, 3.05) is 0 Å². The molecule has 0 aromatic heterocycles. The standard InChI is InChI=1S/C26H44O2/c1-3-4-5-6-7-8-9-10-11-12-13-14-15-16-17-18-19-20-24-21-25(27)23(2)26(28)22-24/h6-7,21-22,27-28H,3-5,8-20H2,1-2H3. The lowest BCUT2D eigenvalue weighted by Gasteiger charge is -2.07. The van der Waals surface area contributed by atoms with Crippen molar-refractivity contribution < 1.29 is 10.2 Å². The number of hydrogen-bond acceptors (Lipinski definition) is 2. The number of phenolic OH excluding ortho intramolecular Hbond substituents is 2. The number of aromatic hydroxyl groups is 2. The largest absolute Gasteiger partial charge is 0.508 e. The molecule has 0 spiro atoms. The molecule has 0 heterocycles. The number of phenols is 2. The molecule has 0 radical (unpaired) electrons. The fraction of sp³-hybridized carbons (Fsp3) is 0.692. The van der Waals surface area contributed by atoms with Crippen LogP contribution >= 0.6 is 0 Å². The van der Waals surface area contributed by atoms with Crippen LogP contribution in [0.15, 0.2) is 24.3 Å². The second-order valence-electron chi connectivity index (χ2n) is 8.30. The summed E-state index contributed by atoms with van der Waals surface area (Å²) in [5.74, 6) is 0.414. The normalized spacial score (nSPS) is 11.5.